The Kier molecular flexibility index (Phi) is 21.6. The molecule has 0 saturated carbocycles. The third kappa shape index (κ3) is 15.9. The summed E-state index contributed by atoms with van der Waals surface area (Å²) in [6.45, 7) is 6.49. The first-order valence-corrected chi connectivity index (χ1v) is 33.9. The van der Waals surface area contributed by atoms with Crippen molar-refractivity contribution in [3.05, 3.63) is 95.5 Å². The van der Waals surface area contributed by atoms with Gasteiger partial charge in [-0.05, 0) is 89.0 Å². The zero-order valence-electron chi connectivity index (χ0n) is 50.4. The lowest BCUT2D eigenvalue weighted by molar-refractivity contribution is -0.753. The molecular weight excluding hydrogens is 1290 g/mol. The SMILES string of the molecule is COP(=O)(O)[C@H](COc1ccc(-c2cn(CCCN)[n+](C)c2)cc1)O/N=C(\C(=O)N[C@@H]1C(=O)N(OS(=O)(=O)ON2C(=O)[C@@H](NC(=O)/C(=N\O[C@@H](COc3ccc(-c4cn(CCCN)[n+](C)c4)cc3)P(=O)(O)OC)c3csc(N)n3)C2(C)C)C1(C)C)c1csc(N)n1. The number of nitrogens with one attached hydrogen (secondary N) is 2. The number of hydroxylamine groups is 4. The highest BCUT2D eigenvalue weighted by atomic mass is 32.3. The van der Waals surface area contributed by atoms with E-state index in [1.165, 1.54) is 38.5 Å². The average molecular weight is 1370 g/mol. The van der Waals surface area contributed by atoms with E-state index in [2.05, 4.69) is 30.9 Å². The fraction of sp³-hybridized carbons (Fsp3) is 0.423. The van der Waals surface area contributed by atoms with Crippen LogP contribution in [0.2, 0.25) is 0 Å². The lowest BCUT2D eigenvalue weighted by Crippen LogP contribution is -2.78. The zero-order valence-corrected chi connectivity index (χ0v) is 54.6. The first kappa shape index (κ1) is 69.1. The number of thiazole rings is 2. The molecule has 6 atom stereocenters. The van der Waals surface area contributed by atoms with E-state index in [-0.39, 0.29) is 33.1 Å². The molecule has 2 fully saturated rings. The molecule has 2 saturated heterocycles. The highest BCUT2D eigenvalue weighted by molar-refractivity contribution is 7.81. The lowest BCUT2D eigenvalue weighted by Gasteiger charge is -2.52. The first-order valence-electron chi connectivity index (χ1n) is 27.5. The Morgan fingerprint density at radius 2 is 1.03 bits per heavy atom. The van der Waals surface area contributed by atoms with Gasteiger partial charge < -0.3 is 71.6 Å². The summed E-state index contributed by atoms with van der Waals surface area (Å²) in [6, 6.07) is 10.5. The van der Waals surface area contributed by atoms with Crippen LogP contribution in [-0.2, 0) is 93.2 Å². The van der Waals surface area contributed by atoms with Crippen molar-refractivity contribution in [2.24, 2.45) is 35.9 Å². The van der Waals surface area contributed by atoms with Crippen molar-refractivity contribution in [2.45, 2.75) is 88.5 Å². The maximum atomic E-state index is 14.0. The average Bonchev–Trinajstić information content (AvgIpc) is 1.19. The number of nitrogens with two attached hydrogens (primary N) is 4. The lowest BCUT2D eigenvalue weighted by atomic mass is 9.84. The standard InChI is InChI=1S/C52H68N16O18P2S3/c1-51(2)43(59-45(69)41(37-29-89-49(55)57-37)61-83-39(87(73,74)79-7)27-81-35-15-11-31(12-16-35)33-23-63(5)65(25-33)21-9-19-53)47(71)67(51)85-91(77,78)86-68-48(72)44(52(68,3)4)60-46(70)42(38-30-90-50(56)58-38)62-84-40(88(75,76)80-8)28-82-36-17-13-32(14-18-36)34-24-64(6)66(26-34)22-10-20-54/h11-18,23-26,29-30,39-40,43-44H,9-10,19-22,27-28,53-54H2,1-8H3,(H6-2,55,56,57,58,59,60,69,70,73,74,75,76)/p+2/b61-41-,62-42-/t39-,40-,43-,44-/m1/s1. The van der Waals surface area contributed by atoms with E-state index in [1.807, 2.05) is 57.6 Å². The van der Waals surface area contributed by atoms with Gasteiger partial charge in [0.2, 0.25) is 12.4 Å². The summed E-state index contributed by atoms with van der Waals surface area (Å²) in [5.74, 6) is -7.73. The topological polar surface area (TPSA) is 454 Å². The molecule has 2 aliphatic rings. The molecule has 8 rings (SSSR count). The van der Waals surface area contributed by atoms with Crippen molar-refractivity contribution in [3.8, 4) is 33.8 Å². The van der Waals surface area contributed by atoms with Crippen LogP contribution in [0.25, 0.3) is 22.3 Å². The number of β-lactam (4-membered cyclic amide) rings is 2. The normalized spacial score (nSPS) is 18.5. The van der Waals surface area contributed by atoms with Gasteiger partial charge in [-0.25, -0.2) is 9.97 Å². The number of nitrogens with zero attached hydrogens (tertiary/aromatic N) is 10. The van der Waals surface area contributed by atoms with Crippen LogP contribution in [0, 0.1) is 0 Å². The number of carbonyl (C=O) groups is 4. The van der Waals surface area contributed by atoms with E-state index in [0.29, 0.717) is 23.2 Å². The number of ether oxygens (including phenoxy) is 2. The molecule has 0 radical (unpaired) electrons. The maximum Gasteiger partial charge on any atom is 0.442 e. The van der Waals surface area contributed by atoms with Gasteiger partial charge in [0.05, 0.1) is 47.7 Å². The van der Waals surface area contributed by atoms with E-state index in [0.717, 1.165) is 85.1 Å². The molecular formula is C52H70N16O18P2S3+2. The molecule has 0 aliphatic carbocycles. The van der Waals surface area contributed by atoms with Crippen molar-refractivity contribution in [1.29, 1.82) is 0 Å². The van der Waals surface area contributed by atoms with Crippen molar-refractivity contribution in [1.82, 2.24) is 40.1 Å². The van der Waals surface area contributed by atoms with Crippen LogP contribution < -0.4 is 52.4 Å². The summed E-state index contributed by atoms with van der Waals surface area (Å²) in [4.78, 5) is 96.1. The molecule has 39 heteroatoms. The van der Waals surface area contributed by atoms with Crippen molar-refractivity contribution in [2.75, 3.05) is 52.0 Å². The van der Waals surface area contributed by atoms with Crippen LogP contribution in [0.3, 0.4) is 0 Å². The first-order chi connectivity index (χ1) is 42.9. The van der Waals surface area contributed by atoms with Gasteiger partial charge in [-0.2, -0.15) is 27.9 Å². The number of aryl methyl sites for hydroxylation is 4. The van der Waals surface area contributed by atoms with Crippen molar-refractivity contribution in [3.63, 3.8) is 0 Å². The number of rotatable bonds is 32. The number of aromatic nitrogens is 6. The summed E-state index contributed by atoms with van der Waals surface area (Å²) in [5.41, 5.74) is 21.6. The molecule has 91 heavy (non-hydrogen) atoms. The minimum Gasteiger partial charge on any atom is -0.489 e. The number of benzene rings is 2. The van der Waals surface area contributed by atoms with Gasteiger partial charge in [0, 0.05) is 25.0 Å². The summed E-state index contributed by atoms with van der Waals surface area (Å²) in [6.07, 6.45) is 9.39. The van der Waals surface area contributed by atoms with Crippen LogP contribution >= 0.6 is 37.9 Å². The fourth-order valence-electron chi connectivity index (χ4n) is 9.07. The molecule has 2 aliphatic heterocycles. The van der Waals surface area contributed by atoms with Crippen LogP contribution in [0.1, 0.15) is 51.9 Å². The van der Waals surface area contributed by atoms with Gasteiger partial charge in [0.25, 0.3) is 35.3 Å². The van der Waals surface area contributed by atoms with Gasteiger partial charge >= 0.3 is 25.6 Å². The molecule has 2 aromatic carbocycles. The minimum absolute atomic E-state index is 0.0251. The highest BCUT2D eigenvalue weighted by Crippen LogP contribution is 2.49. The van der Waals surface area contributed by atoms with E-state index >= 15 is 0 Å². The van der Waals surface area contributed by atoms with Gasteiger partial charge in [-0.15, -0.1) is 40.6 Å². The molecule has 2 unspecified atom stereocenters. The summed E-state index contributed by atoms with van der Waals surface area (Å²) in [5, 5.41) is 15.8. The van der Waals surface area contributed by atoms with Crippen LogP contribution in [0.4, 0.5) is 10.3 Å². The van der Waals surface area contributed by atoms with E-state index in [1.54, 1.807) is 48.5 Å². The third-order valence-electron chi connectivity index (χ3n) is 14.4. The second-order valence-electron chi connectivity index (χ2n) is 21.4. The van der Waals surface area contributed by atoms with Crippen LogP contribution in [-0.4, -0.2) is 158 Å². The molecule has 34 nitrogen and oxygen atoms in total. The largest absolute Gasteiger partial charge is 0.489 e. The molecule has 4 aromatic heterocycles. The zero-order chi connectivity index (χ0) is 66.4. The Morgan fingerprint density at radius 3 is 1.34 bits per heavy atom. The third-order valence-corrected chi connectivity index (χ3v) is 19.4. The Hall–Kier alpha value is -7.77. The molecule has 6 aromatic rings. The molecule has 0 bridgehead atoms. The van der Waals surface area contributed by atoms with Gasteiger partial charge in [-0.1, -0.05) is 34.6 Å². The Labute approximate surface area is 529 Å². The molecule has 492 valence electrons. The van der Waals surface area contributed by atoms with E-state index in [9.17, 15) is 46.5 Å². The molecule has 4 amide bonds. The second kappa shape index (κ2) is 28.4. The Balaban J connectivity index is 0.888. The smallest absolute Gasteiger partial charge is 0.442 e. The number of hydrogen-bond acceptors (Lipinski definition) is 26. The summed E-state index contributed by atoms with van der Waals surface area (Å²) < 4.78 is 92.8. The fourth-order valence-corrected chi connectivity index (χ4v) is 12.4. The molecule has 6 heterocycles. The summed E-state index contributed by atoms with van der Waals surface area (Å²) >= 11 is 1.79. The van der Waals surface area contributed by atoms with E-state index < -0.39 is 109 Å². The number of nitrogen functional groups attached to an aromatic ring is 2. The number of anilines is 2. The number of amides is 4. The molecule has 0 spiro atoms. The Bertz CT molecular complexity index is 3670. The van der Waals surface area contributed by atoms with Crippen molar-refractivity contribution < 1.29 is 92.6 Å². The number of carbonyl (C=O) groups excluding carboxylic acids is 4. The highest BCUT2D eigenvalue weighted by Gasteiger charge is 2.61. The minimum atomic E-state index is -5.39. The monoisotopic (exact) mass is 1360 g/mol. The number of oxime groups is 2. The maximum absolute atomic E-state index is 14.0. The predicted octanol–water partition coefficient (Wildman–Crippen LogP) is 0.982. The van der Waals surface area contributed by atoms with Crippen LogP contribution in [0.15, 0.2) is 94.4 Å². The predicted molar refractivity (Wildman–Crippen MR) is 327 cm³/mol. The van der Waals surface area contributed by atoms with E-state index in [4.69, 9.17) is 59.7 Å². The second-order valence-corrected chi connectivity index (χ2v) is 28.5. The summed E-state index contributed by atoms with van der Waals surface area (Å²) in [7, 11) is -9.07. The van der Waals surface area contributed by atoms with Gasteiger partial charge in [0.15, 0.2) is 35.8 Å². The Morgan fingerprint density at radius 1 is 0.670 bits per heavy atom. The quantitative estimate of drug-likeness (QED) is 0.00959. The molecule has 12 N–H and O–H groups in total. The van der Waals surface area contributed by atoms with Gasteiger partial charge in [0.1, 0.15) is 48.2 Å². The van der Waals surface area contributed by atoms with Crippen molar-refractivity contribution >= 4 is 93.6 Å². The van der Waals surface area contributed by atoms with Crippen LogP contribution in [0.5, 0.6) is 11.5 Å². The number of hydrogen-bond donors (Lipinski definition) is 8. The van der Waals surface area contributed by atoms with Gasteiger partial charge in [-0.3, -0.25) is 28.3 Å².